The number of esters is 1. The molecule has 76 heavy (non-hydrogen) atoms. The molecule has 3 aromatic rings. The predicted molar refractivity (Wildman–Crippen MR) is 294 cm³/mol. The van der Waals surface area contributed by atoms with Crippen molar-refractivity contribution in [3.8, 4) is 11.5 Å². The summed E-state index contributed by atoms with van der Waals surface area (Å²) in [5, 5.41) is 6.00. The van der Waals surface area contributed by atoms with Crippen LogP contribution in [0.15, 0.2) is 78.9 Å². The van der Waals surface area contributed by atoms with Crippen molar-refractivity contribution in [3.63, 3.8) is 0 Å². The van der Waals surface area contributed by atoms with Crippen molar-refractivity contribution in [3.05, 3.63) is 107 Å². The molecular formula is C58H86N5O12P. The van der Waals surface area contributed by atoms with Crippen LogP contribution in [0.3, 0.4) is 0 Å². The first-order chi connectivity index (χ1) is 36.6. The molecule has 0 aliphatic carbocycles. The molecule has 18 heteroatoms. The van der Waals surface area contributed by atoms with Gasteiger partial charge in [-0.2, -0.15) is 0 Å². The van der Waals surface area contributed by atoms with Gasteiger partial charge in [0.25, 0.3) is 8.53 Å². The molecule has 3 aromatic carbocycles. The van der Waals surface area contributed by atoms with Gasteiger partial charge < -0.3 is 57.8 Å². The van der Waals surface area contributed by atoms with Crippen LogP contribution in [0.25, 0.3) is 4.85 Å². The second-order valence-electron chi connectivity index (χ2n) is 19.7. The molecule has 1 fully saturated rings. The number of hydrogen-bond acceptors (Lipinski definition) is 13. The summed E-state index contributed by atoms with van der Waals surface area (Å²) in [5.41, 5.74) is 1.62. The Morgan fingerprint density at radius 3 is 1.88 bits per heavy atom. The lowest BCUT2D eigenvalue weighted by molar-refractivity contribution is -0.244. The summed E-state index contributed by atoms with van der Waals surface area (Å²) >= 11 is 0. The van der Waals surface area contributed by atoms with Crippen molar-refractivity contribution in [2.45, 2.75) is 143 Å². The molecule has 4 rings (SSSR count). The molecule has 0 bridgehead atoms. The van der Waals surface area contributed by atoms with Gasteiger partial charge in [0, 0.05) is 65.0 Å². The van der Waals surface area contributed by atoms with Crippen LogP contribution in [-0.2, 0) is 52.8 Å². The molecule has 1 saturated heterocycles. The number of hydrogen-bond donors (Lipinski definition) is 2. The number of rotatable bonds is 35. The first-order valence-corrected chi connectivity index (χ1v) is 28.1. The largest absolute Gasteiger partial charge is 0.497 e. The Kier molecular flexibility index (Phi) is 28.2. The highest BCUT2D eigenvalue weighted by molar-refractivity contribution is 7.44. The van der Waals surface area contributed by atoms with Crippen molar-refractivity contribution in [1.29, 1.82) is 0 Å². The Balaban J connectivity index is 1.36. The Hall–Kier alpha value is -5.18. The summed E-state index contributed by atoms with van der Waals surface area (Å²) in [6, 6.07) is 25.6. The van der Waals surface area contributed by atoms with E-state index >= 15 is 0 Å². The number of nitrogens with zero attached hydrogens (tertiary/aromatic N) is 3. The van der Waals surface area contributed by atoms with Gasteiger partial charge >= 0.3 is 5.97 Å². The van der Waals surface area contributed by atoms with E-state index in [1.54, 1.807) is 19.1 Å². The zero-order chi connectivity index (χ0) is 55.5. The van der Waals surface area contributed by atoms with E-state index < -0.39 is 20.4 Å². The maximum Gasteiger partial charge on any atom is 0.302 e. The quantitative estimate of drug-likeness (QED) is 0.0187. The van der Waals surface area contributed by atoms with Gasteiger partial charge in [0.1, 0.15) is 30.3 Å². The Bertz CT molecular complexity index is 2160. The molecule has 17 nitrogen and oxygen atoms in total. The van der Waals surface area contributed by atoms with E-state index in [0.717, 1.165) is 36.0 Å². The van der Waals surface area contributed by atoms with Crippen LogP contribution < -0.4 is 20.1 Å². The van der Waals surface area contributed by atoms with Crippen LogP contribution in [0.1, 0.15) is 123 Å². The van der Waals surface area contributed by atoms with Gasteiger partial charge in [0.05, 0.1) is 39.6 Å². The maximum absolute atomic E-state index is 14.3. The minimum Gasteiger partial charge on any atom is -0.497 e. The van der Waals surface area contributed by atoms with E-state index in [2.05, 4.69) is 47.8 Å². The number of unbranched alkanes of at least 4 members (excludes halogenated alkanes) is 4. The molecule has 420 valence electrons. The Labute approximate surface area is 454 Å². The third kappa shape index (κ3) is 20.0. The number of nitrogens with one attached hydrogen (secondary N) is 2. The van der Waals surface area contributed by atoms with Crippen molar-refractivity contribution in [1.82, 2.24) is 20.2 Å². The fourth-order valence-corrected chi connectivity index (χ4v) is 10.9. The highest BCUT2D eigenvalue weighted by Gasteiger charge is 2.43. The first-order valence-electron chi connectivity index (χ1n) is 26.9. The normalized spacial score (nSPS) is 18.0. The molecular weight excluding hydrogens is 990 g/mol. The number of carbonyl (C=O) groups excluding carboxylic acids is 4. The molecule has 1 heterocycles. The van der Waals surface area contributed by atoms with Crippen LogP contribution in [-0.4, -0.2) is 137 Å². The fraction of sp³-hybridized carbons (Fsp3) is 0.603. The molecule has 0 aromatic heterocycles. The number of methoxy groups -OCH3 is 2. The average molecular weight is 1080 g/mol. The van der Waals surface area contributed by atoms with Crippen LogP contribution in [0.5, 0.6) is 11.5 Å². The maximum atomic E-state index is 14.3. The minimum atomic E-state index is -1.51. The van der Waals surface area contributed by atoms with Crippen LogP contribution in [0, 0.1) is 18.4 Å². The highest BCUT2D eigenvalue weighted by atomic mass is 31.2. The molecule has 6 unspecified atom stereocenters. The number of amides is 3. The van der Waals surface area contributed by atoms with Crippen molar-refractivity contribution in [2.75, 3.05) is 73.4 Å². The van der Waals surface area contributed by atoms with Crippen molar-refractivity contribution in [2.24, 2.45) is 11.8 Å². The Morgan fingerprint density at radius 1 is 0.724 bits per heavy atom. The minimum absolute atomic E-state index is 0.0236. The number of benzene rings is 3. The third-order valence-corrected chi connectivity index (χ3v) is 15.7. The molecule has 6 atom stereocenters. The van der Waals surface area contributed by atoms with Crippen molar-refractivity contribution < 1.29 is 56.6 Å². The second-order valence-corrected chi connectivity index (χ2v) is 21.2. The standard InChI is InChI=1S/C58H86N5O12P/c1-42(2)63(43(3)4)76(73-38-34-59-9)74-40-36-62(35-39-72-58(48-21-15-12-16-22-48,49-25-29-51(68-10)30-26-49)50-27-31-52(69-11)32-28-50)55(67)24-18-13-19-33-60-54(66)23-17-14-20-37-70-57-56(61-46(7)64)45(6)44(5)53(75-57)41-71-47(8)65/h12,15-16,21-22,25-32,42-45,53,56-57H,13-14,17-20,23-24,33-41H2,1-8,10-11H3,(H,60,66)(H,61,64). The molecule has 2 N–H and O–H groups in total. The van der Waals surface area contributed by atoms with E-state index in [-0.39, 0.29) is 99.3 Å². The second kappa shape index (κ2) is 33.9. The van der Waals surface area contributed by atoms with E-state index in [0.29, 0.717) is 63.3 Å². The number of carbonyl (C=O) groups is 4. The average Bonchev–Trinajstić information content (AvgIpc) is 3.41. The zero-order valence-electron chi connectivity index (χ0n) is 46.8. The lowest BCUT2D eigenvalue weighted by atomic mass is 9.80. The van der Waals surface area contributed by atoms with Crippen LogP contribution in [0.2, 0.25) is 0 Å². The highest BCUT2D eigenvalue weighted by Crippen LogP contribution is 2.46. The summed E-state index contributed by atoms with van der Waals surface area (Å²) in [6.07, 6.45) is 3.90. The van der Waals surface area contributed by atoms with E-state index in [1.165, 1.54) is 13.8 Å². The molecule has 0 saturated carbocycles. The molecule has 0 spiro atoms. The SMILES string of the molecule is [C-]#[N+]CCOP(OCCN(CCOC(c1ccccc1)(c1ccc(OC)cc1)c1ccc(OC)cc1)C(=O)CCCCCNC(=O)CCCCCOC1OC(COC(C)=O)C(C)C(C)C1NC(C)=O)N(C(C)C)C(C)C. The monoisotopic (exact) mass is 1080 g/mol. The zero-order valence-corrected chi connectivity index (χ0v) is 47.7. The van der Waals surface area contributed by atoms with Gasteiger partial charge in [-0.3, -0.25) is 19.2 Å². The fourth-order valence-electron chi connectivity index (χ4n) is 9.36. The topological polar surface area (TPSA) is 177 Å². The lowest BCUT2D eigenvalue weighted by Crippen LogP contribution is -2.58. The summed E-state index contributed by atoms with van der Waals surface area (Å²) in [6.45, 7) is 25.0. The van der Waals surface area contributed by atoms with Crippen LogP contribution >= 0.6 is 8.53 Å². The smallest absolute Gasteiger partial charge is 0.302 e. The van der Waals surface area contributed by atoms with Crippen molar-refractivity contribution >= 4 is 32.2 Å². The van der Waals surface area contributed by atoms with Gasteiger partial charge in [-0.05, 0) is 106 Å². The lowest BCUT2D eigenvalue weighted by Gasteiger charge is -2.44. The van der Waals surface area contributed by atoms with Crippen LogP contribution in [0.4, 0.5) is 0 Å². The molecule has 3 amide bonds. The molecule has 0 radical (unpaired) electrons. The summed E-state index contributed by atoms with van der Waals surface area (Å²) in [5.74, 6) is 0.860. The Morgan fingerprint density at radius 2 is 1.30 bits per heavy atom. The molecule has 1 aliphatic rings. The summed E-state index contributed by atoms with van der Waals surface area (Å²) in [4.78, 5) is 55.8. The van der Waals surface area contributed by atoms with Gasteiger partial charge in [-0.1, -0.05) is 81.3 Å². The van der Waals surface area contributed by atoms with Gasteiger partial charge in [-0.15, -0.1) is 0 Å². The summed E-state index contributed by atoms with van der Waals surface area (Å²) in [7, 11) is 1.77. The van der Waals surface area contributed by atoms with E-state index in [1.807, 2.05) is 92.7 Å². The molecule has 1 aliphatic heterocycles. The van der Waals surface area contributed by atoms with Gasteiger partial charge in [0.2, 0.25) is 24.3 Å². The van der Waals surface area contributed by atoms with Gasteiger partial charge in [-0.25, -0.2) is 11.2 Å². The third-order valence-electron chi connectivity index (χ3n) is 13.5. The predicted octanol–water partition coefficient (Wildman–Crippen LogP) is 9.46. The summed E-state index contributed by atoms with van der Waals surface area (Å²) < 4.78 is 50.6. The van der Waals surface area contributed by atoms with Gasteiger partial charge in [0.15, 0.2) is 6.29 Å². The first kappa shape index (κ1) is 63.4. The van der Waals surface area contributed by atoms with E-state index in [4.69, 9.17) is 44.0 Å². The van der Waals surface area contributed by atoms with E-state index in [9.17, 15) is 19.2 Å². The number of ether oxygens (including phenoxy) is 6.